The van der Waals surface area contributed by atoms with Gasteiger partial charge in [-0.25, -0.2) is 9.59 Å². The third kappa shape index (κ3) is 3.75. The van der Waals surface area contributed by atoms with Gasteiger partial charge >= 0.3 is 12.0 Å². The maximum atomic E-state index is 11.9. The van der Waals surface area contributed by atoms with E-state index in [1.807, 2.05) is 23.6 Å². The lowest BCUT2D eigenvalue weighted by Crippen LogP contribution is -2.40. The summed E-state index contributed by atoms with van der Waals surface area (Å²) in [4.78, 5) is 53.2. The number of rotatable bonds is 7. The highest BCUT2D eigenvalue weighted by Gasteiger charge is 2.47. The van der Waals surface area contributed by atoms with E-state index in [4.69, 9.17) is 4.84 Å². The molecule has 0 aromatic carbocycles. The first-order valence-electron chi connectivity index (χ1n) is 8.76. The van der Waals surface area contributed by atoms with E-state index in [-0.39, 0.29) is 37.4 Å². The summed E-state index contributed by atoms with van der Waals surface area (Å²) < 4.78 is 0. The average Bonchev–Trinajstić information content (AvgIpc) is 3.21. The molecule has 0 bridgehead atoms. The zero-order valence-corrected chi connectivity index (χ0v) is 15.0. The number of carbonyl (C=O) groups excluding carboxylic acids is 4. The molecule has 9 heteroatoms. The highest BCUT2D eigenvalue weighted by atomic mass is 32.2. The van der Waals surface area contributed by atoms with Crippen molar-refractivity contribution in [2.24, 2.45) is 0 Å². The number of urea groups is 1. The topological polar surface area (TPSA) is 96.0 Å². The highest BCUT2D eigenvalue weighted by Crippen LogP contribution is 2.37. The number of thioether (sulfide) groups is 1. The van der Waals surface area contributed by atoms with Crippen LogP contribution in [0.4, 0.5) is 4.79 Å². The lowest BCUT2D eigenvalue weighted by molar-refractivity contribution is -0.197. The number of nitrogens with one attached hydrogen (secondary N) is 1. The minimum absolute atomic E-state index is 0.0197. The minimum atomic E-state index is -0.548. The molecule has 3 aliphatic heterocycles. The van der Waals surface area contributed by atoms with Crippen molar-refractivity contribution in [3.05, 3.63) is 0 Å². The summed E-state index contributed by atoms with van der Waals surface area (Å²) in [6.45, 7) is 2.69. The van der Waals surface area contributed by atoms with Crippen LogP contribution in [0.3, 0.4) is 0 Å². The van der Waals surface area contributed by atoms with Gasteiger partial charge in [0.25, 0.3) is 11.8 Å². The number of fused-ring (bicyclic) bond motifs is 1. The van der Waals surface area contributed by atoms with Crippen molar-refractivity contribution in [3.63, 3.8) is 0 Å². The molecule has 0 radical (unpaired) electrons. The third-order valence-electron chi connectivity index (χ3n) is 4.87. The number of imide groups is 1. The summed E-state index contributed by atoms with van der Waals surface area (Å²) in [5, 5.41) is 4.00. The molecule has 3 fully saturated rings. The summed E-state index contributed by atoms with van der Waals surface area (Å²) >= 11 is 1.87. The van der Waals surface area contributed by atoms with Crippen LogP contribution >= 0.6 is 11.8 Å². The third-order valence-corrected chi connectivity index (χ3v) is 6.37. The molecule has 25 heavy (non-hydrogen) atoms. The van der Waals surface area contributed by atoms with E-state index in [1.165, 1.54) is 0 Å². The molecule has 3 saturated heterocycles. The zero-order chi connectivity index (χ0) is 18.0. The van der Waals surface area contributed by atoms with Crippen molar-refractivity contribution in [3.8, 4) is 0 Å². The number of carbonyl (C=O) groups is 4. The summed E-state index contributed by atoms with van der Waals surface area (Å²) in [6, 6.07) is 0.472. The maximum Gasteiger partial charge on any atom is 0.333 e. The van der Waals surface area contributed by atoms with Crippen molar-refractivity contribution in [2.75, 3.05) is 12.3 Å². The van der Waals surface area contributed by atoms with Gasteiger partial charge in [0.2, 0.25) is 0 Å². The Bertz CT molecular complexity index is 568. The van der Waals surface area contributed by atoms with E-state index in [1.54, 1.807) is 0 Å². The Balaban J connectivity index is 1.38. The number of hydroxylamine groups is 2. The first kappa shape index (κ1) is 18.0. The number of hydrogen-bond acceptors (Lipinski definition) is 6. The first-order valence-corrected chi connectivity index (χ1v) is 9.81. The standard InChI is InChI=1S/C16H23N3O5S/c1-2-18-15-10(17-16(18)23)9-25-11(15)5-3-4-6-14(22)24-19-12(20)7-8-13(19)21/h10-11,15H,2-9H2,1H3,(H,17,23)/t10-,11-,15-/m0/s1. The Morgan fingerprint density at radius 2 is 1.96 bits per heavy atom. The van der Waals surface area contributed by atoms with Crippen LogP contribution in [0.25, 0.3) is 0 Å². The zero-order valence-electron chi connectivity index (χ0n) is 14.2. The van der Waals surface area contributed by atoms with E-state index < -0.39 is 17.8 Å². The Morgan fingerprint density at radius 1 is 1.24 bits per heavy atom. The number of nitrogens with zero attached hydrogens (tertiary/aromatic N) is 2. The van der Waals surface area contributed by atoms with Gasteiger partial charge in [0.1, 0.15) is 0 Å². The molecule has 3 aliphatic rings. The van der Waals surface area contributed by atoms with Gasteiger partial charge in [-0.1, -0.05) is 6.42 Å². The second kappa shape index (κ2) is 7.63. The highest BCUT2D eigenvalue weighted by molar-refractivity contribution is 8.00. The van der Waals surface area contributed by atoms with Crippen molar-refractivity contribution >= 4 is 35.6 Å². The second-order valence-electron chi connectivity index (χ2n) is 6.50. The predicted molar refractivity (Wildman–Crippen MR) is 90.4 cm³/mol. The smallest absolute Gasteiger partial charge is 0.332 e. The molecular weight excluding hydrogens is 346 g/mol. The van der Waals surface area contributed by atoms with Gasteiger partial charge in [-0.3, -0.25) is 9.59 Å². The van der Waals surface area contributed by atoms with E-state index in [0.29, 0.717) is 23.3 Å². The van der Waals surface area contributed by atoms with Gasteiger partial charge in [-0.15, -0.1) is 5.06 Å². The SMILES string of the molecule is CCN1C(=O)N[C@H]2CS[C@@H](CCCCC(=O)ON3C(=O)CCC3=O)[C@H]21. The van der Waals surface area contributed by atoms with Crippen LogP contribution in [-0.2, 0) is 19.2 Å². The number of likely N-dealkylation sites (N-methyl/N-ethyl adjacent to an activating group) is 1. The summed E-state index contributed by atoms with van der Waals surface area (Å²) in [7, 11) is 0. The largest absolute Gasteiger partial charge is 0.333 e. The van der Waals surface area contributed by atoms with Crippen molar-refractivity contribution in [2.45, 2.75) is 62.8 Å². The van der Waals surface area contributed by atoms with Gasteiger partial charge in [-0.2, -0.15) is 11.8 Å². The molecule has 8 nitrogen and oxygen atoms in total. The number of unbranched alkanes of at least 4 members (excludes halogenated alkanes) is 1. The molecular formula is C16H23N3O5S. The van der Waals surface area contributed by atoms with Crippen molar-refractivity contribution < 1.29 is 24.0 Å². The van der Waals surface area contributed by atoms with Crippen molar-refractivity contribution in [1.29, 1.82) is 0 Å². The van der Waals surface area contributed by atoms with Gasteiger partial charge in [0.15, 0.2) is 0 Å². The van der Waals surface area contributed by atoms with Gasteiger partial charge < -0.3 is 15.1 Å². The first-order chi connectivity index (χ1) is 12.0. The fourth-order valence-electron chi connectivity index (χ4n) is 3.63. The molecule has 3 atom stereocenters. The molecule has 0 aromatic rings. The lowest BCUT2D eigenvalue weighted by Gasteiger charge is -2.26. The Labute approximate surface area is 150 Å². The summed E-state index contributed by atoms with van der Waals surface area (Å²) in [5.41, 5.74) is 0. The molecule has 3 heterocycles. The van der Waals surface area contributed by atoms with Crippen LogP contribution in [0.1, 0.15) is 45.4 Å². The molecule has 0 spiro atoms. The Hall–Kier alpha value is -1.77. The van der Waals surface area contributed by atoms with E-state index in [0.717, 1.165) is 18.6 Å². The molecule has 4 amide bonds. The molecule has 1 N–H and O–H groups in total. The molecule has 0 aromatic heterocycles. The van der Waals surface area contributed by atoms with Gasteiger partial charge in [0, 0.05) is 36.8 Å². The second-order valence-corrected chi connectivity index (χ2v) is 7.77. The van der Waals surface area contributed by atoms with E-state index in [9.17, 15) is 19.2 Å². The summed E-state index contributed by atoms with van der Waals surface area (Å²) in [5.74, 6) is -0.526. The van der Waals surface area contributed by atoms with Crippen LogP contribution in [-0.4, -0.2) is 63.4 Å². The number of hydrogen-bond donors (Lipinski definition) is 1. The Kier molecular flexibility index (Phi) is 5.51. The van der Waals surface area contributed by atoms with Gasteiger partial charge in [-0.05, 0) is 19.8 Å². The predicted octanol–water partition coefficient (Wildman–Crippen LogP) is 1.05. The lowest BCUT2D eigenvalue weighted by atomic mass is 10.0. The Morgan fingerprint density at radius 3 is 2.64 bits per heavy atom. The molecule has 138 valence electrons. The fraction of sp³-hybridized carbons (Fsp3) is 0.750. The number of amides is 4. The van der Waals surface area contributed by atoms with Crippen LogP contribution in [0.15, 0.2) is 0 Å². The van der Waals surface area contributed by atoms with E-state index >= 15 is 0 Å². The van der Waals surface area contributed by atoms with E-state index in [2.05, 4.69) is 5.32 Å². The normalized spacial score (nSPS) is 28.5. The average molecular weight is 369 g/mol. The van der Waals surface area contributed by atoms with Crippen LogP contribution in [0.5, 0.6) is 0 Å². The molecule has 0 unspecified atom stereocenters. The minimum Gasteiger partial charge on any atom is -0.332 e. The maximum absolute atomic E-state index is 11.9. The molecule has 0 saturated carbocycles. The molecule has 0 aliphatic carbocycles. The van der Waals surface area contributed by atoms with Crippen LogP contribution in [0.2, 0.25) is 0 Å². The fourth-order valence-corrected chi connectivity index (χ4v) is 5.24. The molecule has 3 rings (SSSR count). The van der Waals surface area contributed by atoms with Crippen LogP contribution < -0.4 is 5.32 Å². The van der Waals surface area contributed by atoms with Gasteiger partial charge in [0.05, 0.1) is 12.1 Å². The quantitative estimate of drug-likeness (QED) is 0.409. The summed E-state index contributed by atoms with van der Waals surface area (Å²) in [6.07, 6.45) is 2.78. The van der Waals surface area contributed by atoms with Crippen LogP contribution in [0, 0.1) is 0 Å². The van der Waals surface area contributed by atoms with Crippen molar-refractivity contribution in [1.82, 2.24) is 15.3 Å². The monoisotopic (exact) mass is 369 g/mol.